The van der Waals surface area contributed by atoms with Crippen molar-refractivity contribution in [2.24, 2.45) is 17.8 Å². The lowest BCUT2D eigenvalue weighted by molar-refractivity contribution is -0.137. The summed E-state index contributed by atoms with van der Waals surface area (Å²) in [4.78, 5) is 11.9. The number of hydrogen-bond acceptors (Lipinski definition) is 1. The molecule has 0 heterocycles. The van der Waals surface area contributed by atoms with Crippen molar-refractivity contribution >= 4 is 5.91 Å². The second-order valence-electron chi connectivity index (χ2n) is 5.84. The molecule has 0 aromatic heterocycles. The highest BCUT2D eigenvalue weighted by Crippen LogP contribution is 2.54. The van der Waals surface area contributed by atoms with E-state index in [1.807, 2.05) is 0 Å². The van der Waals surface area contributed by atoms with Gasteiger partial charge in [0.2, 0.25) is 5.91 Å². The van der Waals surface area contributed by atoms with Crippen LogP contribution in [0.5, 0.6) is 0 Å². The number of amides is 1. The molecule has 5 heteroatoms. The third kappa shape index (κ3) is 2.81. The molecule has 0 bridgehead atoms. The van der Waals surface area contributed by atoms with Crippen molar-refractivity contribution in [1.82, 2.24) is 5.32 Å². The topological polar surface area (TPSA) is 29.1 Å². The second-order valence-corrected chi connectivity index (χ2v) is 5.84. The summed E-state index contributed by atoms with van der Waals surface area (Å²) in [6, 6.07) is 5.10. The summed E-state index contributed by atoms with van der Waals surface area (Å²) < 4.78 is 37.7. The van der Waals surface area contributed by atoms with Crippen LogP contribution >= 0.6 is 0 Å². The Morgan fingerprint density at radius 2 is 1.90 bits per heavy atom. The first kappa shape index (κ1) is 13.5. The van der Waals surface area contributed by atoms with E-state index in [9.17, 15) is 18.0 Å². The van der Waals surface area contributed by atoms with Gasteiger partial charge in [0.1, 0.15) is 0 Å². The highest BCUT2D eigenvalue weighted by molar-refractivity contribution is 5.79. The predicted molar refractivity (Wildman–Crippen MR) is 67.6 cm³/mol. The van der Waals surface area contributed by atoms with Gasteiger partial charge in [-0.25, -0.2) is 0 Å². The van der Waals surface area contributed by atoms with Gasteiger partial charge in [-0.1, -0.05) is 12.1 Å². The molecule has 2 unspecified atom stereocenters. The molecule has 1 aromatic carbocycles. The van der Waals surface area contributed by atoms with Gasteiger partial charge in [-0.2, -0.15) is 13.2 Å². The highest BCUT2D eigenvalue weighted by atomic mass is 19.4. The Hall–Kier alpha value is -1.52. The Balaban J connectivity index is 1.56. The number of hydrogen-bond donors (Lipinski definition) is 1. The van der Waals surface area contributed by atoms with Gasteiger partial charge in [-0.05, 0) is 48.8 Å². The molecule has 0 saturated heterocycles. The first-order chi connectivity index (χ1) is 9.43. The third-order valence-electron chi connectivity index (χ3n) is 4.34. The van der Waals surface area contributed by atoms with Gasteiger partial charge in [0.25, 0.3) is 0 Å². The molecule has 0 radical (unpaired) electrons. The van der Waals surface area contributed by atoms with Crippen LogP contribution in [0.3, 0.4) is 0 Å². The molecule has 3 rings (SSSR count). The van der Waals surface area contributed by atoms with Crippen LogP contribution in [0.15, 0.2) is 24.3 Å². The fraction of sp³-hybridized carbons (Fsp3) is 0.533. The predicted octanol–water partition coefficient (Wildman–Crippen LogP) is 3.37. The fourth-order valence-corrected chi connectivity index (χ4v) is 3.12. The molecule has 0 spiro atoms. The minimum absolute atomic E-state index is 0.0189. The molecule has 0 aliphatic heterocycles. The number of nitrogens with one attached hydrogen (secondary N) is 1. The van der Waals surface area contributed by atoms with Crippen molar-refractivity contribution in [3.8, 4) is 0 Å². The monoisotopic (exact) mass is 283 g/mol. The van der Waals surface area contributed by atoms with Crippen LogP contribution < -0.4 is 5.32 Å². The maximum absolute atomic E-state index is 12.6. The molecule has 2 saturated carbocycles. The Morgan fingerprint density at radius 3 is 2.55 bits per heavy atom. The molecule has 2 aliphatic carbocycles. The number of carbonyl (C=O) groups is 1. The summed E-state index contributed by atoms with van der Waals surface area (Å²) in [6.07, 6.45) is -1.21. The zero-order valence-corrected chi connectivity index (χ0v) is 10.9. The molecule has 108 valence electrons. The largest absolute Gasteiger partial charge is 0.416 e. The smallest absolute Gasteiger partial charge is 0.352 e. The molecule has 1 amide bonds. The molecular weight excluding hydrogens is 267 g/mol. The summed E-state index contributed by atoms with van der Waals surface area (Å²) in [5.41, 5.74) is -0.192. The van der Waals surface area contributed by atoms with Crippen molar-refractivity contribution in [1.29, 1.82) is 0 Å². The van der Waals surface area contributed by atoms with Gasteiger partial charge in [0.05, 0.1) is 5.56 Å². The Kier molecular flexibility index (Phi) is 3.22. The average molecular weight is 283 g/mol. The van der Waals surface area contributed by atoms with Crippen LogP contribution in [0.25, 0.3) is 0 Å². The third-order valence-corrected chi connectivity index (χ3v) is 4.34. The van der Waals surface area contributed by atoms with Gasteiger partial charge in [-0.3, -0.25) is 4.79 Å². The van der Waals surface area contributed by atoms with Crippen LogP contribution in [0.2, 0.25) is 0 Å². The van der Waals surface area contributed by atoms with E-state index in [1.165, 1.54) is 12.5 Å². The van der Waals surface area contributed by atoms with Crippen molar-refractivity contribution in [2.75, 3.05) is 0 Å². The minimum Gasteiger partial charge on any atom is -0.352 e. The molecule has 2 aliphatic rings. The zero-order valence-electron chi connectivity index (χ0n) is 10.9. The van der Waals surface area contributed by atoms with E-state index in [-0.39, 0.29) is 18.4 Å². The number of rotatable bonds is 3. The van der Waals surface area contributed by atoms with Crippen LogP contribution in [0.4, 0.5) is 13.2 Å². The molecule has 20 heavy (non-hydrogen) atoms. The number of fused-ring (bicyclic) bond motifs is 1. The summed E-state index contributed by atoms with van der Waals surface area (Å²) in [5, 5.41) is 2.75. The quantitative estimate of drug-likeness (QED) is 0.905. The zero-order chi connectivity index (χ0) is 14.3. The summed E-state index contributed by atoms with van der Waals surface area (Å²) in [5.74, 6) is 1.48. The Bertz CT molecular complexity index is 516. The standard InChI is InChI=1S/C15H16F3NO/c16-15(17,18)13-3-1-2-9(4-13)8-19-14(20)12-6-10-5-11(10)7-12/h1-4,10-12H,5-8H2,(H,19,20). The highest BCUT2D eigenvalue weighted by Gasteiger charge is 2.47. The maximum Gasteiger partial charge on any atom is 0.416 e. The summed E-state index contributed by atoms with van der Waals surface area (Å²) in [6.45, 7) is 0.161. The van der Waals surface area contributed by atoms with E-state index in [1.54, 1.807) is 6.07 Å². The number of carbonyl (C=O) groups excluding carboxylic acids is 1. The molecular formula is C15H16F3NO. The van der Waals surface area contributed by atoms with Gasteiger partial charge < -0.3 is 5.32 Å². The molecule has 2 fully saturated rings. The fourth-order valence-electron chi connectivity index (χ4n) is 3.12. The maximum atomic E-state index is 12.6. The summed E-state index contributed by atoms with van der Waals surface area (Å²) >= 11 is 0. The van der Waals surface area contributed by atoms with Gasteiger partial charge in [0.15, 0.2) is 0 Å². The number of alkyl halides is 3. The van der Waals surface area contributed by atoms with Gasteiger partial charge >= 0.3 is 6.18 Å². The average Bonchev–Trinajstić information content (AvgIpc) is 3.02. The van der Waals surface area contributed by atoms with Crippen LogP contribution in [0.1, 0.15) is 30.4 Å². The SMILES string of the molecule is O=C(NCc1cccc(C(F)(F)F)c1)C1CC2CC2C1. The molecule has 2 nitrogen and oxygen atoms in total. The van der Waals surface area contributed by atoms with Crippen molar-refractivity contribution in [2.45, 2.75) is 32.0 Å². The van der Waals surface area contributed by atoms with E-state index in [2.05, 4.69) is 5.32 Å². The number of benzene rings is 1. The molecule has 2 atom stereocenters. The van der Waals surface area contributed by atoms with E-state index in [4.69, 9.17) is 0 Å². The van der Waals surface area contributed by atoms with E-state index in [0.29, 0.717) is 5.56 Å². The lowest BCUT2D eigenvalue weighted by Gasteiger charge is -2.13. The molecule has 1 N–H and O–H groups in total. The van der Waals surface area contributed by atoms with Crippen molar-refractivity contribution < 1.29 is 18.0 Å². The Labute approximate surface area is 115 Å². The van der Waals surface area contributed by atoms with Crippen molar-refractivity contribution in [3.05, 3.63) is 35.4 Å². The van der Waals surface area contributed by atoms with Crippen LogP contribution in [-0.2, 0) is 17.5 Å². The first-order valence-corrected chi connectivity index (χ1v) is 6.87. The number of halogens is 3. The first-order valence-electron chi connectivity index (χ1n) is 6.87. The minimum atomic E-state index is -4.34. The van der Waals surface area contributed by atoms with E-state index >= 15 is 0 Å². The van der Waals surface area contributed by atoms with Gasteiger partial charge in [0, 0.05) is 12.5 Å². The van der Waals surface area contributed by atoms with Crippen LogP contribution in [-0.4, -0.2) is 5.91 Å². The molecule has 1 aromatic rings. The van der Waals surface area contributed by atoms with Crippen LogP contribution in [0, 0.1) is 17.8 Å². The van der Waals surface area contributed by atoms with E-state index in [0.717, 1.165) is 36.8 Å². The second kappa shape index (κ2) is 4.79. The lowest BCUT2D eigenvalue weighted by atomic mass is 10.0. The van der Waals surface area contributed by atoms with Gasteiger partial charge in [-0.15, -0.1) is 0 Å². The van der Waals surface area contributed by atoms with E-state index < -0.39 is 11.7 Å². The Morgan fingerprint density at radius 1 is 1.20 bits per heavy atom. The van der Waals surface area contributed by atoms with Crippen molar-refractivity contribution in [3.63, 3.8) is 0 Å². The lowest BCUT2D eigenvalue weighted by Crippen LogP contribution is -2.29. The summed E-state index contributed by atoms with van der Waals surface area (Å²) in [7, 11) is 0. The normalized spacial score (nSPS) is 28.1.